The minimum Gasteiger partial charge on any atom is -0.507 e. The van der Waals surface area contributed by atoms with E-state index in [1.165, 1.54) is 23.3 Å². The summed E-state index contributed by atoms with van der Waals surface area (Å²) >= 11 is 0. The molecule has 1 fully saturated rings. The lowest BCUT2D eigenvalue weighted by Gasteiger charge is -2.29. The van der Waals surface area contributed by atoms with Crippen molar-refractivity contribution >= 4 is 17.7 Å². The number of rotatable bonds is 12. The van der Waals surface area contributed by atoms with Gasteiger partial charge in [0.15, 0.2) is 5.76 Å². The molecule has 0 aliphatic carbocycles. The standard InChI is InChI=1S/C28H34N2O7/c1-6-9-12-23-21(5)29(14-15-30(25(33)11-8-3)26(34)13-10-7-2)27(35)28(23,18-31)20(4)24(32)16-22-17-36-19-37-22/h6-10,12,16-17,31-32H,3-5,11,13-15,18-19H2,1-2H3/b9-6-,10-7-,23-12+,24-16+. The first-order valence-corrected chi connectivity index (χ1v) is 11.7. The Bertz CT molecular complexity index is 1110. The molecule has 3 amide bonds. The second-order valence-electron chi connectivity index (χ2n) is 8.24. The molecule has 2 heterocycles. The Morgan fingerprint density at radius 2 is 1.95 bits per heavy atom. The highest BCUT2D eigenvalue weighted by Gasteiger charge is 2.55. The van der Waals surface area contributed by atoms with Crippen molar-refractivity contribution in [3.8, 4) is 0 Å². The van der Waals surface area contributed by atoms with Gasteiger partial charge in [-0.1, -0.05) is 49.6 Å². The number of hydrogen-bond acceptors (Lipinski definition) is 7. The Balaban J connectivity index is 2.45. The zero-order valence-electron chi connectivity index (χ0n) is 21.3. The average molecular weight is 511 g/mol. The molecule has 9 heteroatoms. The van der Waals surface area contributed by atoms with Gasteiger partial charge in [-0.2, -0.15) is 0 Å². The van der Waals surface area contributed by atoms with Gasteiger partial charge in [-0.25, -0.2) is 0 Å². The van der Waals surface area contributed by atoms with Gasteiger partial charge in [-0.15, -0.1) is 6.58 Å². The topological polar surface area (TPSA) is 117 Å². The highest BCUT2D eigenvalue weighted by molar-refractivity contribution is 5.98. The summed E-state index contributed by atoms with van der Waals surface area (Å²) in [5.41, 5.74) is -1.24. The van der Waals surface area contributed by atoms with Crippen LogP contribution in [0.5, 0.6) is 0 Å². The van der Waals surface area contributed by atoms with Gasteiger partial charge < -0.3 is 24.6 Å². The van der Waals surface area contributed by atoms with E-state index in [-0.39, 0.29) is 55.5 Å². The summed E-state index contributed by atoms with van der Waals surface area (Å²) in [4.78, 5) is 41.5. The Kier molecular flexibility index (Phi) is 10.4. The molecule has 2 rings (SSSR count). The molecule has 37 heavy (non-hydrogen) atoms. The maximum atomic E-state index is 13.8. The van der Waals surface area contributed by atoms with Crippen molar-refractivity contribution in [2.45, 2.75) is 26.7 Å². The second-order valence-corrected chi connectivity index (χ2v) is 8.24. The first-order chi connectivity index (χ1) is 17.7. The number of carbonyl (C=O) groups is 3. The Morgan fingerprint density at radius 1 is 1.24 bits per heavy atom. The maximum Gasteiger partial charge on any atom is 0.244 e. The number of aliphatic hydroxyl groups is 2. The maximum absolute atomic E-state index is 13.8. The summed E-state index contributed by atoms with van der Waals surface area (Å²) in [5, 5.41) is 21.3. The summed E-state index contributed by atoms with van der Waals surface area (Å²) in [5.74, 6) is -1.63. The van der Waals surface area contributed by atoms with Crippen LogP contribution in [0, 0.1) is 5.41 Å². The fraction of sp³-hybridized carbons (Fsp3) is 0.321. The molecule has 0 radical (unpaired) electrons. The van der Waals surface area contributed by atoms with Gasteiger partial charge in [0.1, 0.15) is 17.4 Å². The van der Waals surface area contributed by atoms with Crippen LogP contribution in [0.15, 0.2) is 96.9 Å². The predicted octanol–water partition coefficient (Wildman–Crippen LogP) is 3.56. The van der Waals surface area contributed by atoms with Crippen molar-refractivity contribution in [1.29, 1.82) is 0 Å². The largest absolute Gasteiger partial charge is 0.507 e. The van der Waals surface area contributed by atoms with Crippen LogP contribution in [0.3, 0.4) is 0 Å². The summed E-state index contributed by atoms with van der Waals surface area (Å²) in [6, 6.07) is 0. The number of aliphatic hydroxyl groups excluding tert-OH is 2. The lowest BCUT2D eigenvalue weighted by Crippen LogP contribution is -2.44. The molecule has 9 nitrogen and oxygen atoms in total. The number of allylic oxidation sites excluding steroid dienone is 7. The fourth-order valence-corrected chi connectivity index (χ4v) is 3.99. The molecule has 2 aliphatic rings. The summed E-state index contributed by atoms with van der Waals surface area (Å²) in [6.07, 6.45) is 12.3. The Morgan fingerprint density at radius 3 is 2.51 bits per heavy atom. The zero-order valence-corrected chi connectivity index (χ0v) is 21.3. The van der Waals surface area contributed by atoms with Gasteiger partial charge in [-0.05, 0) is 19.4 Å². The van der Waals surface area contributed by atoms with Gasteiger partial charge in [0.2, 0.25) is 24.5 Å². The molecule has 198 valence electrons. The van der Waals surface area contributed by atoms with Crippen molar-refractivity contribution in [3.63, 3.8) is 0 Å². The number of amides is 3. The van der Waals surface area contributed by atoms with Gasteiger partial charge in [0.25, 0.3) is 0 Å². The third-order valence-electron chi connectivity index (χ3n) is 5.99. The highest BCUT2D eigenvalue weighted by Crippen LogP contribution is 2.49. The smallest absolute Gasteiger partial charge is 0.244 e. The van der Waals surface area contributed by atoms with E-state index in [0.29, 0.717) is 5.57 Å². The molecule has 0 aromatic rings. The third kappa shape index (κ3) is 6.18. The predicted molar refractivity (Wildman–Crippen MR) is 139 cm³/mol. The van der Waals surface area contributed by atoms with Crippen molar-refractivity contribution in [3.05, 3.63) is 96.9 Å². The van der Waals surface area contributed by atoms with Crippen LogP contribution in [0.25, 0.3) is 0 Å². The van der Waals surface area contributed by atoms with E-state index in [9.17, 15) is 24.6 Å². The van der Waals surface area contributed by atoms with Crippen LogP contribution < -0.4 is 0 Å². The molecule has 1 atom stereocenters. The number of imide groups is 1. The van der Waals surface area contributed by atoms with Crippen molar-refractivity contribution in [1.82, 2.24) is 9.80 Å². The van der Waals surface area contributed by atoms with E-state index in [1.54, 1.807) is 44.2 Å². The van der Waals surface area contributed by atoms with Crippen LogP contribution in [0.4, 0.5) is 0 Å². The van der Waals surface area contributed by atoms with E-state index in [0.717, 1.165) is 4.90 Å². The molecular formula is C28H34N2O7. The SMILES string of the molecule is C=CCC(=O)N(CCN1C(=C)/C(=C\C=C/C)C(CO)(C(=C)/C(O)=C\C2=COCO2)C1=O)C(=O)C/C=C\C. The molecule has 1 saturated heterocycles. The molecule has 0 spiro atoms. The lowest BCUT2D eigenvalue weighted by atomic mass is 9.74. The molecule has 0 aromatic heterocycles. The van der Waals surface area contributed by atoms with Gasteiger partial charge in [0.05, 0.1) is 6.61 Å². The first kappa shape index (κ1) is 29.1. The van der Waals surface area contributed by atoms with Gasteiger partial charge in [0, 0.05) is 43.3 Å². The Labute approximate surface area is 217 Å². The normalized spacial score (nSPS) is 20.9. The van der Waals surface area contributed by atoms with Crippen molar-refractivity contribution in [2.75, 3.05) is 26.5 Å². The quantitative estimate of drug-likeness (QED) is 0.234. The number of likely N-dealkylation sites (tertiary alicyclic amines) is 1. The zero-order chi connectivity index (χ0) is 27.6. The van der Waals surface area contributed by atoms with Crippen LogP contribution >= 0.6 is 0 Å². The molecule has 2 N–H and O–H groups in total. The number of hydrogen-bond donors (Lipinski definition) is 2. The van der Waals surface area contributed by atoms with Crippen LogP contribution in [0.1, 0.15) is 26.7 Å². The van der Waals surface area contributed by atoms with Crippen molar-refractivity contribution < 1.29 is 34.1 Å². The fourth-order valence-electron chi connectivity index (χ4n) is 3.99. The number of carbonyl (C=O) groups excluding carboxylic acids is 3. The highest BCUT2D eigenvalue weighted by atomic mass is 16.7. The number of ether oxygens (including phenoxy) is 2. The van der Waals surface area contributed by atoms with E-state index < -0.39 is 29.7 Å². The molecule has 2 aliphatic heterocycles. The van der Waals surface area contributed by atoms with Crippen LogP contribution in [-0.4, -0.2) is 64.2 Å². The van der Waals surface area contributed by atoms with E-state index in [1.807, 2.05) is 0 Å². The third-order valence-corrected chi connectivity index (χ3v) is 5.99. The minimum absolute atomic E-state index is 0.0134. The lowest BCUT2D eigenvalue weighted by molar-refractivity contribution is -0.145. The van der Waals surface area contributed by atoms with Crippen molar-refractivity contribution in [2.24, 2.45) is 5.41 Å². The Hall–Kier alpha value is -4.11. The minimum atomic E-state index is -1.75. The number of nitrogens with zero attached hydrogens (tertiary/aromatic N) is 2. The molecular weight excluding hydrogens is 476 g/mol. The van der Waals surface area contributed by atoms with E-state index in [4.69, 9.17) is 9.47 Å². The molecule has 0 aromatic carbocycles. The van der Waals surface area contributed by atoms with E-state index >= 15 is 0 Å². The summed E-state index contributed by atoms with van der Waals surface area (Å²) in [7, 11) is 0. The molecule has 1 unspecified atom stereocenters. The van der Waals surface area contributed by atoms with Crippen LogP contribution in [0.2, 0.25) is 0 Å². The summed E-state index contributed by atoms with van der Waals surface area (Å²) < 4.78 is 10.2. The monoisotopic (exact) mass is 510 g/mol. The van der Waals surface area contributed by atoms with Gasteiger partial charge >= 0.3 is 0 Å². The van der Waals surface area contributed by atoms with Crippen LogP contribution in [-0.2, 0) is 23.9 Å². The molecule has 0 saturated carbocycles. The average Bonchev–Trinajstić information content (AvgIpc) is 3.46. The molecule has 0 bridgehead atoms. The first-order valence-electron chi connectivity index (χ1n) is 11.7. The van der Waals surface area contributed by atoms with Gasteiger partial charge in [-0.3, -0.25) is 19.3 Å². The summed E-state index contributed by atoms with van der Waals surface area (Å²) in [6.45, 7) is 14.2. The van der Waals surface area contributed by atoms with E-state index in [2.05, 4.69) is 19.7 Å². The second kappa shape index (κ2) is 13.3.